The van der Waals surface area contributed by atoms with E-state index in [1.54, 1.807) is 0 Å². The molecule has 1 atom stereocenters. The Balaban J connectivity index is 1.85. The number of hydrogen-bond donors (Lipinski definition) is 1. The second-order valence-corrected chi connectivity index (χ2v) is 4.77. The van der Waals surface area contributed by atoms with Crippen LogP contribution in [0.15, 0.2) is 30.3 Å². The lowest BCUT2D eigenvalue weighted by Crippen LogP contribution is -2.41. The summed E-state index contributed by atoms with van der Waals surface area (Å²) >= 11 is 0. The Kier molecular flexibility index (Phi) is 3.58. The van der Waals surface area contributed by atoms with E-state index in [4.69, 9.17) is 5.26 Å². The quantitative estimate of drug-likeness (QED) is 0.836. The molecule has 0 heterocycles. The smallest absolute Gasteiger partial charge is 0.0837 e. The Morgan fingerprint density at radius 2 is 2.06 bits per heavy atom. The average molecular weight is 214 g/mol. The summed E-state index contributed by atoms with van der Waals surface area (Å²) in [6, 6.07) is 13.0. The van der Waals surface area contributed by atoms with Gasteiger partial charge in [0.15, 0.2) is 0 Å². The molecule has 0 bridgehead atoms. The van der Waals surface area contributed by atoms with Crippen molar-refractivity contribution in [1.29, 1.82) is 5.26 Å². The van der Waals surface area contributed by atoms with Gasteiger partial charge in [-0.1, -0.05) is 37.3 Å². The van der Waals surface area contributed by atoms with E-state index in [9.17, 15) is 0 Å². The molecule has 1 fully saturated rings. The van der Waals surface area contributed by atoms with Crippen molar-refractivity contribution >= 4 is 0 Å². The first-order chi connectivity index (χ1) is 7.79. The summed E-state index contributed by atoms with van der Waals surface area (Å²) in [5.41, 5.74) is 1.12. The fourth-order valence-corrected chi connectivity index (χ4v) is 2.28. The van der Waals surface area contributed by atoms with Gasteiger partial charge in [-0.25, -0.2) is 0 Å². The van der Waals surface area contributed by atoms with Gasteiger partial charge in [-0.15, -0.1) is 0 Å². The average Bonchev–Trinajstić information content (AvgIpc) is 2.28. The molecule has 1 aromatic rings. The monoisotopic (exact) mass is 214 g/mol. The van der Waals surface area contributed by atoms with Crippen LogP contribution in [0.3, 0.4) is 0 Å². The third-order valence-corrected chi connectivity index (χ3v) is 3.34. The summed E-state index contributed by atoms with van der Waals surface area (Å²) < 4.78 is 0. The van der Waals surface area contributed by atoms with Crippen molar-refractivity contribution in [2.75, 3.05) is 6.54 Å². The van der Waals surface area contributed by atoms with Gasteiger partial charge in [0.25, 0.3) is 0 Å². The molecule has 0 aliphatic heterocycles. The third-order valence-electron chi connectivity index (χ3n) is 3.34. The van der Waals surface area contributed by atoms with Crippen molar-refractivity contribution in [1.82, 2.24) is 5.32 Å². The zero-order valence-electron chi connectivity index (χ0n) is 9.69. The van der Waals surface area contributed by atoms with Gasteiger partial charge in [0.05, 0.1) is 12.0 Å². The van der Waals surface area contributed by atoms with Crippen molar-refractivity contribution < 1.29 is 0 Å². The van der Waals surface area contributed by atoms with Crippen LogP contribution in [0.4, 0.5) is 0 Å². The molecule has 1 unspecified atom stereocenters. The molecule has 2 nitrogen and oxygen atoms in total. The Morgan fingerprint density at radius 1 is 1.38 bits per heavy atom. The highest BCUT2D eigenvalue weighted by Gasteiger charge is 2.25. The Morgan fingerprint density at radius 3 is 2.62 bits per heavy atom. The van der Waals surface area contributed by atoms with Crippen LogP contribution < -0.4 is 5.32 Å². The highest BCUT2D eigenvalue weighted by atomic mass is 14.9. The molecule has 2 heteroatoms. The maximum absolute atomic E-state index is 9.15. The molecule has 0 saturated heterocycles. The van der Waals surface area contributed by atoms with Crippen LogP contribution in [0.1, 0.15) is 31.2 Å². The topological polar surface area (TPSA) is 35.8 Å². The molecule has 0 radical (unpaired) electrons. The summed E-state index contributed by atoms with van der Waals surface area (Å²) in [5, 5.41) is 12.6. The maximum atomic E-state index is 9.15. The lowest BCUT2D eigenvalue weighted by atomic mass is 9.81. The fraction of sp³-hybridized carbons (Fsp3) is 0.500. The molecule has 84 valence electrons. The number of benzene rings is 1. The lowest BCUT2D eigenvalue weighted by molar-refractivity contribution is 0.241. The molecule has 1 aromatic carbocycles. The first-order valence-electron chi connectivity index (χ1n) is 5.97. The number of nitrogens with one attached hydrogen (secondary N) is 1. The molecule has 0 aromatic heterocycles. The van der Waals surface area contributed by atoms with Gasteiger partial charge in [0.1, 0.15) is 0 Å². The van der Waals surface area contributed by atoms with Crippen LogP contribution in [0, 0.1) is 17.2 Å². The highest BCUT2D eigenvalue weighted by Crippen LogP contribution is 2.26. The largest absolute Gasteiger partial charge is 0.312 e. The van der Waals surface area contributed by atoms with E-state index < -0.39 is 0 Å². The van der Waals surface area contributed by atoms with Gasteiger partial charge >= 0.3 is 0 Å². The minimum atomic E-state index is -0.0166. The Labute approximate surface area is 97.3 Å². The second-order valence-electron chi connectivity index (χ2n) is 4.77. The molecule has 1 saturated carbocycles. The Hall–Kier alpha value is -1.33. The molecule has 16 heavy (non-hydrogen) atoms. The van der Waals surface area contributed by atoms with Crippen LogP contribution in [0.25, 0.3) is 0 Å². The number of hydrogen-bond acceptors (Lipinski definition) is 2. The lowest BCUT2D eigenvalue weighted by Gasteiger charge is -2.34. The van der Waals surface area contributed by atoms with Crippen LogP contribution in [-0.4, -0.2) is 12.6 Å². The molecular formula is C14H18N2. The van der Waals surface area contributed by atoms with E-state index in [1.165, 1.54) is 12.8 Å². The molecule has 1 N–H and O–H groups in total. The van der Waals surface area contributed by atoms with Crippen molar-refractivity contribution in [3.05, 3.63) is 35.9 Å². The van der Waals surface area contributed by atoms with E-state index in [0.29, 0.717) is 6.04 Å². The second kappa shape index (κ2) is 5.14. The van der Waals surface area contributed by atoms with Crippen LogP contribution in [0.5, 0.6) is 0 Å². The van der Waals surface area contributed by atoms with Gasteiger partial charge in [0, 0.05) is 12.6 Å². The van der Waals surface area contributed by atoms with Crippen molar-refractivity contribution in [2.45, 2.75) is 31.7 Å². The zero-order chi connectivity index (χ0) is 11.4. The SMILES string of the molecule is CC1CC(NCC(C#N)c2ccccc2)C1. The van der Waals surface area contributed by atoms with Crippen molar-refractivity contribution in [3.63, 3.8) is 0 Å². The van der Waals surface area contributed by atoms with Crippen LogP contribution in [0.2, 0.25) is 0 Å². The van der Waals surface area contributed by atoms with E-state index in [-0.39, 0.29) is 5.92 Å². The first-order valence-corrected chi connectivity index (χ1v) is 5.97. The van der Waals surface area contributed by atoms with E-state index in [0.717, 1.165) is 18.0 Å². The van der Waals surface area contributed by atoms with Crippen LogP contribution in [-0.2, 0) is 0 Å². The van der Waals surface area contributed by atoms with E-state index in [1.807, 2.05) is 30.3 Å². The minimum Gasteiger partial charge on any atom is -0.312 e. The van der Waals surface area contributed by atoms with Crippen LogP contribution >= 0.6 is 0 Å². The summed E-state index contributed by atoms with van der Waals surface area (Å²) in [4.78, 5) is 0. The van der Waals surface area contributed by atoms with E-state index >= 15 is 0 Å². The van der Waals surface area contributed by atoms with E-state index in [2.05, 4.69) is 18.3 Å². The molecule has 2 rings (SSSR count). The van der Waals surface area contributed by atoms with Gasteiger partial charge in [-0.3, -0.25) is 0 Å². The number of nitrogens with zero attached hydrogens (tertiary/aromatic N) is 1. The fourth-order valence-electron chi connectivity index (χ4n) is 2.28. The third kappa shape index (κ3) is 2.62. The Bertz CT molecular complexity index is 360. The first kappa shape index (κ1) is 11.2. The summed E-state index contributed by atoms with van der Waals surface area (Å²) in [6.45, 7) is 3.05. The van der Waals surface area contributed by atoms with Gasteiger partial charge in [-0.05, 0) is 24.3 Å². The minimum absolute atomic E-state index is 0.0166. The van der Waals surface area contributed by atoms with Crippen molar-refractivity contribution in [2.24, 2.45) is 5.92 Å². The predicted molar refractivity (Wildman–Crippen MR) is 65.0 cm³/mol. The van der Waals surface area contributed by atoms with Gasteiger partial charge < -0.3 is 5.32 Å². The molecule has 0 spiro atoms. The molecular weight excluding hydrogens is 196 g/mol. The molecule has 0 amide bonds. The zero-order valence-corrected chi connectivity index (χ0v) is 9.69. The normalized spacial score (nSPS) is 25.5. The summed E-state index contributed by atoms with van der Waals surface area (Å²) in [5.74, 6) is 0.840. The number of nitriles is 1. The summed E-state index contributed by atoms with van der Waals surface area (Å²) in [6.07, 6.45) is 2.51. The summed E-state index contributed by atoms with van der Waals surface area (Å²) in [7, 11) is 0. The highest BCUT2D eigenvalue weighted by molar-refractivity contribution is 5.25. The predicted octanol–water partition coefficient (Wildman–Crippen LogP) is 2.68. The molecule has 1 aliphatic rings. The van der Waals surface area contributed by atoms with Gasteiger partial charge in [-0.2, -0.15) is 5.26 Å². The standard InChI is InChI=1S/C14H18N2/c1-11-7-14(8-11)16-10-13(9-15)12-5-3-2-4-6-12/h2-6,11,13-14,16H,7-8,10H2,1H3. The maximum Gasteiger partial charge on any atom is 0.0837 e. The number of rotatable bonds is 4. The molecule has 1 aliphatic carbocycles. The van der Waals surface area contributed by atoms with Gasteiger partial charge in [0.2, 0.25) is 0 Å². The van der Waals surface area contributed by atoms with Crippen molar-refractivity contribution in [3.8, 4) is 6.07 Å².